The van der Waals surface area contributed by atoms with E-state index in [9.17, 15) is 0 Å². The molecule has 0 aliphatic carbocycles. The normalized spacial score (nSPS) is 16.6. The van der Waals surface area contributed by atoms with Crippen LogP contribution in [0.5, 0.6) is 0 Å². The summed E-state index contributed by atoms with van der Waals surface area (Å²) in [4.78, 5) is 7.02. The van der Waals surface area contributed by atoms with Gasteiger partial charge in [-0.05, 0) is 50.3 Å². The number of anilines is 1. The van der Waals surface area contributed by atoms with E-state index in [-0.39, 0.29) is 0 Å². The van der Waals surface area contributed by atoms with Crippen LogP contribution in [0.2, 0.25) is 0 Å². The second kappa shape index (κ2) is 5.65. The summed E-state index contributed by atoms with van der Waals surface area (Å²) in [6.45, 7) is 7.29. The lowest BCUT2D eigenvalue weighted by molar-refractivity contribution is 0.502. The minimum absolute atomic E-state index is 0.649. The first kappa shape index (κ1) is 13.2. The van der Waals surface area contributed by atoms with Gasteiger partial charge in [0.05, 0.1) is 6.20 Å². The van der Waals surface area contributed by atoms with Crippen molar-refractivity contribution in [2.24, 2.45) is 0 Å². The molecule has 1 aliphatic rings. The molecule has 20 heavy (non-hydrogen) atoms. The molecule has 3 rings (SSSR count). The third-order valence-corrected chi connectivity index (χ3v) is 4.14. The Morgan fingerprint density at radius 1 is 1.25 bits per heavy atom. The number of pyridine rings is 1. The molecule has 0 bridgehead atoms. The molecule has 2 aromatic rings. The summed E-state index contributed by atoms with van der Waals surface area (Å²) in [5, 5.41) is 4.39. The average molecular weight is 270 g/mol. The Hall–Kier alpha value is -1.84. The molecule has 3 heterocycles. The molecule has 0 N–H and O–H groups in total. The van der Waals surface area contributed by atoms with Crippen molar-refractivity contribution < 1.29 is 0 Å². The van der Waals surface area contributed by atoms with Gasteiger partial charge in [-0.25, -0.2) is 4.98 Å². The quantitative estimate of drug-likeness (QED) is 0.860. The number of hydrogen-bond acceptors (Lipinski definition) is 3. The Kier molecular flexibility index (Phi) is 3.72. The number of nitrogens with zero attached hydrogens (tertiary/aromatic N) is 4. The summed E-state index contributed by atoms with van der Waals surface area (Å²) in [5.41, 5.74) is 2.48. The van der Waals surface area contributed by atoms with Gasteiger partial charge in [-0.15, -0.1) is 0 Å². The van der Waals surface area contributed by atoms with Crippen LogP contribution >= 0.6 is 0 Å². The highest BCUT2D eigenvalue weighted by molar-refractivity contribution is 5.40. The van der Waals surface area contributed by atoms with E-state index in [1.807, 2.05) is 10.9 Å². The van der Waals surface area contributed by atoms with Gasteiger partial charge >= 0.3 is 0 Å². The van der Waals surface area contributed by atoms with Gasteiger partial charge in [-0.3, -0.25) is 4.68 Å². The van der Waals surface area contributed by atoms with Crippen molar-refractivity contribution in [3.8, 4) is 0 Å². The smallest absolute Gasteiger partial charge is 0.128 e. The SMILES string of the molecule is CCn1cc(C2CCN(c3cccc(C)n3)CC2)cn1. The highest BCUT2D eigenvalue weighted by Gasteiger charge is 2.22. The van der Waals surface area contributed by atoms with E-state index in [4.69, 9.17) is 0 Å². The lowest BCUT2D eigenvalue weighted by atomic mass is 9.91. The molecule has 4 nitrogen and oxygen atoms in total. The molecule has 0 saturated carbocycles. The molecule has 0 atom stereocenters. The van der Waals surface area contributed by atoms with Crippen molar-refractivity contribution in [2.45, 2.75) is 39.2 Å². The molecular formula is C16H22N4. The minimum atomic E-state index is 0.649. The van der Waals surface area contributed by atoms with Crippen molar-refractivity contribution in [1.29, 1.82) is 0 Å². The first-order valence-corrected chi connectivity index (χ1v) is 7.47. The second-order valence-corrected chi connectivity index (χ2v) is 5.53. The lowest BCUT2D eigenvalue weighted by Gasteiger charge is -2.32. The van der Waals surface area contributed by atoms with Crippen LogP contribution in [0.3, 0.4) is 0 Å². The molecule has 0 unspecified atom stereocenters. The zero-order valence-corrected chi connectivity index (χ0v) is 12.3. The molecular weight excluding hydrogens is 248 g/mol. The largest absolute Gasteiger partial charge is 0.357 e. The summed E-state index contributed by atoms with van der Waals surface area (Å²) in [7, 11) is 0. The average Bonchev–Trinajstić information content (AvgIpc) is 2.96. The van der Waals surface area contributed by atoms with E-state index in [0.717, 1.165) is 31.1 Å². The van der Waals surface area contributed by atoms with Crippen LogP contribution in [0.25, 0.3) is 0 Å². The molecule has 0 radical (unpaired) electrons. The fourth-order valence-electron chi connectivity index (χ4n) is 2.91. The predicted octanol–water partition coefficient (Wildman–Crippen LogP) is 2.99. The van der Waals surface area contributed by atoms with Crippen molar-refractivity contribution in [1.82, 2.24) is 14.8 Å². The third-order valence-electron chi connectivity index (χ3n) is 4.14. The topological polar surface area (TPSA) is 34.0 Å². The van der Waals surface area contributed by atoms with Gasteiger partial charge in [0.15, 0.2) is 0 Å². The molecule has 4 heteroatoms. The fraction of sp³-hybridized carbons (Fsp3) is 0.500. The van der Waals surface area contributed by atoms with Gasteiger partial charge < -0.3 is 4.90 Å². The summed E-state index contributed by atoms with van der Waals surface area (Å²) < 4.78 is 2.02. The molecule has 1 aliphatic heterocycles. The van der Waals surface area contributed by atoms with Crippen LogP contribution in [0.15, 0.2) is 30.6 Å². The van der Waals surface area contributed by atoms with Gasteiger partial charge in [0.1, 0.15) is 5.82 Å². The van der Waals surface area contributed by atoms with Crippen LogP contribution < -0.4 is 4.90 Å². The van der Waals surface area contributed by atoms with Crippen molar-refractivity contribution in [2.75, 3.05) is 18.0 Å². The van der Waals surface area contributed by atoms with Gasteiger partial charge in [0, 0.05) is 31.5 Å². The van der Waals surface area contributed by atoms with Crippen molar-refractivity contribution >= 4 is 5.82 Å². The van der Waals surface area contributed by atoms with Crippen LogP contribution in [0.1, 0.15) is 36.9 Å². The Morgan fingerprint density at radius 3 is 2.70 bits per heavy atom. The van der Waals surface area contributed by atoms with E-state index >= 15 is 0 Å². The van der Waals surface area contributed by atoms with Crippen molar-refractivity contribution in [3.05, 3.63) is 41.9 Å². The van der Waals surface area contributed by atoms with Crippen molar-refractivity contribution in [3.63, 3.8) is 0 Å². The van der Waals surface area contributed by atoms with Gasteiger partial charge in [0.2, 0.25) is 0 Å². The Balaban J connectivity index is 1.64. The Bertz CT molecular complexity index is 567. The number of rotatable bonds is 3. The van der Waals surface area contributed by atoms with E-state index in [2.05, 4.69) is 53.2 Å². The highest BCUT2D eigenvalue weighted by Crippen LogP contribution is 2.29. The molecule has 106 valence electrons. The summed E-state index contributed by atoms with van der Waals surface area (Å²) >= 11 is 0. The fourth-order valence-corrected chi connectivity index (χ4v) is 2.91. The maximum Gasteiger partial charge on any atom is 0.128 e. The lowest BCUT2D eigenvalue weighted by Crippen LogP contribution is -2.33. The van der Waals surface area contributed by atoms with Crippen LogP contribution in [0.4, 0.5) is 5.82 Å². The zero-order valence-electron chi connectivity index (χ0n) is 12.3. The van der Waals surface area contributed by atoms with Crippen LogP contribution in [-0.4, -0.2) is 27.9 Å². The maximum atomic E-state index is 4.62. The summed E-state index contributed by atoms with van der Waals surface area (Å²) in [6, 6.07) is 6.26. The Morgan fingerprint density at radius 2 is 2.05 bits per heavy atom. The van der Waals surface area contributed by atoms with E-state index in [0.29, 0.717) is 5.92 Å². The minimum Gasteiger partial charge on any atom is -0.357 e. The number of piperidine rings is 1. The van der Waals surface area contributed by atoms with Crippen LogP contribution in [-0.2, 0) is 6.54 Å². The number of aryl methyl sites for hydroxylation is 2. The molecule has 1 saturated heterocycles. The van der Waals surface area contributed by atoms with E-state index in [1.54, 1.807) is 0 Å². The maximum absolute atomic E-state index is 4.62. The molecule has 0 spiro atoms. The van der Waals surface area contributed by atoms with Gasteiger partial charge in [0.25, 0.3) is 0 Å². The summed E-state index contributed by atoms with van der Waals surface area (Å²) in [5.74, 6) is 1.77. The third kappa shape index (κ3) is 2.69. The molecule has 1 fully saturated rings. The van der Waals surface area contributed by atoms with E-state index in [1.165, 1.54) is 18.4 Å². The van der Waals surface area contributed by atoms with Gasteiger partial charge in [-0.2, -0.15) is 5.10 Å². The second-order valence-electron chi connectivity index (χ2n) is 5.53. The standard InChI is InChI=1S/C16H22N4/c1-3-20-12-15(11-17-20)14-7-9-19(10-8-14)16-6-4-5-13(2)18-16/h4-6,11-12,14H,3,7-10H2,1-2H3. The Labute approximate surface area is 120 Å². The first-order chi connectivity index (χ1) is 9.76. The summed E-state index contributed by atoms with van der Waals surface area (Å²) in [6.07, 6.45) is 6.61. The highest BCUT2D eigenvalue weighted by atomic mass is 15.3. The van der Waals surface area contributed by atoms with Crippen LogP contribution in [0, 0.1) is 6.92 Å². The van der Waals surface area contributed by atoms with E-state index < -0.39 is 0 Å². The zero-order chi connectivity index (χ0) is 13.9. The number of aromatic nitrogens is 3. The first-order valence-electron chi connectivity index (χ1n) is 7.47. The van der Waals surface area contributed by atoms with Gasteiger partial charge in [-0.1, -0.05) is 6.07 Å². The predicted molar refractivity (Wildman–Crippen MR) is 81.1 cm³/mol. The molecule has 0 aromatic carbocycles. The molecule has 0 amide bonds. The number of hydrogen-bond donors (Lipinski definition) is 0. The monoisotopic (exact) mass is 270 g/mol. The molecule has 2 aromatic heterocycles.